The van der Waals surface area contributed by atoms with E-state index >= 15 is 0 Å². The van der Waals surface area contributed by atoms with Crippen molar-refractivity contribution in [2.24, 2.45) is 0 Å². The van der Waals surface area contributed by atoms with E-state index in [1.54, 1.807) is 0 Å². The molecule has 5 N–H and O–H groups in total. The van der Waals surface area contributed by atoms with Crippen LogP contribution in [0.5, 0.6) is 17.2 Å². The summed E-state index contributed by atoms with van der Waals surface area (Å²) in [5.74, 6) is -3.31. The number of hydrogen-bond donors (Lipinski definition) is 5. The smallest absolute Gasteiger partial charge is 0.202 e. The summed E-state index contributed by atoms with van der Waals surface area (Å²) in [7, 11) is 1.33. The van der Waals surface area contributed by atoms with Crippen molar-refractivity contribution in [3.05, 3.63) is 51.6 Å². The van der Waals surface area contributed by atoms with E-state index in [9.17, 15) is 39.9 Å². The van der Waals surface area contributed by atoms with Crippen LogP contribution >= 0.6 is 0 Å². The van der Waals surface area contributed by atoms with Gasteiger partial charge < -0.3 is 39.7 Å². The molecular weight excluding hydrogens is 500 g/mol. The molecule has 2 aromatic carbocycles. The molecule has 5 rings (SSSR count). The molecule has 6 atom stereocenters. The molecule has 38 heavy (non-hydrogen) atoms. The lowest BCUT2D eigenvalue weighted by Gasteiger charge is -2.41. The molecule has 0 aromatic heterocycles. The number of aliphatic hydroxyl groups excluding tert-OH is 2. The van der Waals surface area contributed by atoms with Crippen LogP contribution in [-0.2, 0) is 20.7 Å². The molecule has 1 aliphatic heterocycles. The number of ketones is 3. The second-order valence-corrected chi connectivity index (χ2v) is 10.0. The van der Waals surface area contributed by atoms with Crippen molar-refractivity contribution in [2.75, 3.05) is 7.11 Å². The molecule has 202 valence electrons. The molecule has 11 heteroatoms. The molecule has 3 aliphatic rings. The molecule has 2 aliphatic carbocycles. The number of phenols is 2. The number of rotatable bonds is 4. The first kappa shape index (κ1) is 26.3. The van der Waals surface area contributed by atoms with Crippen LogP contribution in [-0.4, -0.2) is 80.2 Å². The average molecular weight is 529 g/mol. The molecular formula is C27H28O11. The molecule has 11 nitrogen and oxygen atoms in total. The molecule has 0 unspecified atom stereocenters. The highest BCUT2D eigenvalue weighted by atomic mass is 16.7. The van der Waals surface area contributed by atoms with Crippen LogP contribution in [0.3, 0.4) is 0 Å². The predicted molar refractivity (Wildman–Crippen MR) is 128 cm³/mol. The van der Waals surface area contributed by atoms with Gasteiger partial charge in [0, 0.05) is 36.0 Å². The van der Waals surface area contributed by atoms with E-state index in [2.05, 4.69) is 0 Å². The zero-order valence-electron chi connectivity index (χ0n) is 20.9. The average Bonchev–Trinajstić information content (AvgIpc) is 2.87. The van der Waals surface area contributed by atoms with E-state index in [1.165, 1.54) is 32.2 Å². The number of aliphatic hydroxyl groups is 3. The van der Waals surface area contributed by atoms with Crippen molar-refractivity contribution >= 4 is 17.3 Å². The van der Waals surface area contributed by atoms with E-state index < -0.39 is 82.7 Å². The van der Waals surface area contributed by atoms with Crippen LogP contribution in [0, 0.1) is 0 Å². The van der Waals surface area contributed by atoms with E-state index in [0.29, 0.717) is 0 Å². The molecule has 1 fully saturated rings. The minimum absolute atomic E-state index is 0.0286. The number of ether oxygens (including phenoxy) is 3. The van der Waals surface area contributed by atoms with Crippen molar-refractivity contribution < 1.29 is 54.1 Å². The Bertz CT molecular complexity index is 1350. The van der Waals surface area contributed by atoms with E-state index in [0.717, 1.165) is 6.92 Å². The fourth-order valence-electron chi connectivity index (χ4n) is 5.60. The number of carbonyl (C=O) groups excluding carboxylic acids is 3. The van der Waals surface area contributed by atoms with Gasteiger partial charge in [-0.25, -0.2) is 0 Å². The van der Waals surface area contributed by atoms with Crippen LogP contribution < -0.4 is 4.74 Å². The first-order chi connectivity index (χ1) is 17.9. The van der Waals surface area contributed by atoms with Crippen LogP contribution in [0.4, 0.5) is 0 Å². The Morgan fingerprint density at radius 1 is 1.08 bits per heavy atom. The Balaban J connectivity index is 1.68. The van der Waals surface area contributed by atoms with Gasteiger partial charge in [-0.15, -0.1) is 0 Å². The number of carbonyl (C=O) groups is 3. The second-order valence-electron chi connectivity index (χ2n) is 10.0. The fourth-order valence-corrected chi connectivity index (χ4v) is 5.60. The summed E-state index contributed by atoms with van der Waals surface area (Å²) in [4.78, 5) is 39.5. The second kappa shape index (κ2) is 9.14. The van der Waals surface area contributed by atoms with Crippen molar-refractivity contribution in [1.29, 1.82) is 0 Å². The quantitative estimate of drug-likeness (QED) is 0.306. The Kier molecular flexibility index (Phi) is 6.32. The number of fused-ring (bicyclic) bond motifs is 3. The number of phenolic OH excluding ortho intramolecular Hbond substituents is 2. The molecule has 0 amide bonds. The minimum Gasteiger partial charge on any atom is -0.507 e. The van der Waals surface area contributed by atoms with Crippen molar-refractivity contribution in [2.45, 2.75) is 69.4 Å². The summed E-state index contributed by atoms with van der Waals surface area (Å²) in [6.45, 7) is 2.69. The maximum Gasteiger partial charge on any atom is 0.202 e. The van der Waals surface area contributed by atoms with Gasteiger partial charge >= 0.3 is 0 Å². The Hall–Kier alpha value is -3.35. The van der Waals surface area contributed by atoms with Gasteiger partial charge in [-0.3, -0.25) is 14.4 Å². The Morgan fingerprint density at radius 2 is 1.76 bits per heavy atom. The summed E-state index contributed by atoms with van der Waals surface area (Å²) in [6.07, 6.45) is -6.53. The third-order valence-electron chi connectivity index (χ3n) is 7.72. The Labute approximate surface area is 217 Å². The first-order valence-electron chi connectivity index (χ1n) is 12.2. The molecule has 2 aromatic rings. The van der Waals surface area contributed by atoms with Gasteiger partial charge in [0.05, 0.1) is 42.1 Å². The van der Waals surface area contributed by atoms with E-state index in [1.807, 2.05) is 0 Å². The third kappa shape index (κ3) is 3.81. The SMILES string of the molecule is COc1cccc2c1C(=O)c1c(O)c3c(c(O)c1C2=O)C[C@@](O)(C(C)=O)C[C@H]3O[C@H]1C[C@@H](O)[C@H](O)[C@@H](C)O1. The zero-order chi connectivity index (χ0) is 27.7. The summed E-state index contributed by atoms with van der Waals surface area (Å²) < 4.78 is 16.9. The van der Waals surface area contributed by atoms with E-state index in [4.69, 9.17) is 14.2 Å². The topological polar surface area (TPSA) is 180 Å². The lowest BCUT2D eigenvalue weighted by Crippen LogP contribution is -2.49. The maximum absolute atomic E-state index is 13.6. The Morgan fingerprint density at radius 3 is 2.39 bits per heavy atom. The van der Waals surface area contributed by atoms with Gasteiger partial charge in [-0.2, -0.15) is 0 Å². The lowest BCUT2D eigenvalue weighted by atomic mass is 9.72. The van der Waals surface area contributed by atoms with Crippen LogP contribution in [0.1, 0.15) is 75.8 Å². The summed E-state index contributed by atoms with van der Waals surface area (Å²) in [5.41, 5.74) is -3.22. The highest BCUT2D eigenvalue weighted by molar-refractivity contribution is 6.31. The zero-order valence-corrected chi connectivity index (χ0v) is 20.9. The first-order valence-corrected chi connectivity index (χ1v) is 12.2. The monoisotopic (exact) mass is 528 g/mol. The van der Waals surface area contributed by atoms with Crippen molar-refractivity contribution in [3.8, 4) is 17.2 Å². The summed E-state index contributed by atoms with van der Waals surface area (Å²) >= 11 is 0. The highest BCUT2D eigenvalue weighted by Crippen LogP contribution is 2.52. The standard InChI is InChI=1S/C27H28O11/c1-10-22(30)14(29)7-17(37-10)38-16-9-27(35,11(2)28)8-13-19(16)26(34)21-20(24(13)32)23(31)12-5-4-6-15(36-3)18(12)25(21)33/h4-6,10,14,16-17,22,29-30,32,34-35H,7-9H2,1-3H3/t10-,14-,16-,17+,22-,27+/m1/s1. The normalized spacial score (nSPS) is 30.3. The number of hydrogen-bond acceptors (Lipinski definition) is 11. The molecule has 0 radical (unpaired) electrons. The van der Waals surface area contributed by atoms with Gasteiger partial charge in [-0.1, -0.05) is 12.1 Å². The predicted octanol–water partition coefficient (Wildman–Crippen LogP) is 1.06. The van der Waals surface area contributed by atoms with Crippen molar-refractivity contribution in [3.63, 3.8) is 0 Å². The molecule has 0 saturated carbocycles. The van der Waals surface area contributed by atoms with Gasteiger partial charge in [0.1, 0.15) is 29.0 Å². The van der Waals surface area contributed by atoms with E-state index in [-0.39, 0.29) is 40.8 Å². The van der Waals surface area contributed by atoms with Gasteiger partial charge in [0.15, 0.2) is 17.9 Å². The van der Waals surface area contributed by atoms with Crippen LogP contribution in [0.25, 0.3) is 0 Å². The third-order valence-corrected chi connectivity index (χ3v) is 7.72. The lowest BCUT2D eigenvalue weighted by molar-refractivity contribution is -0.265. The number of Topliss-reactive ketones (excluding diaryl/α,β-unsaturated/α-hetero) is 1. The minimum atomic E-state index is -2.03. The summed E-state index contributed by atoms with van der Waals surface area (Å²) in [6, 6.07) is 4.40. The number of benzene rings is 2. The molecule has 0 bridgehead atoms. The summed E-state index contributed by atoms with van der Waals surface area (Å²) in [5, 5.41) is 54.1. The molecule has 1 saturated heterocycles. The van der Waals surface area contributed by atoms with Crippen LogP contribution in [0.2, 0.25) is 0 Å². The number of methoxy groups -OCH3 is 1. The maximum atomic E-state index is 13.6. The highest BCUT2D eigenvalue weighted by Gasteiger charge is 2.49. The van der Waals surface area contributed by atoms with Crippen molar-refractivity contribution in [1.82, 2.24) is 0 Å². The molecule has 0 spiro atoms. The number of aromatic hydroxyl groups is 2. The fraction of sp³-hybridized carbons (Fsp3) is 0.444. The molecule has 1 heterocycles. The van der Waals surface area contributed by atoms with Gasteiger partial charge in [0.25, 0.3) is 0 Å². The largest absolute Gasteiger partial charge is 0.507 e. The van der Waals surface area contributed by atoms with Crippen LogP contribution in [0.15, 0.2) is 18.2 Å². The van der Waals surface area contributed by atoms with Gasteiger partial charge in [0.2, 0.25) is 5.78 Å². The van der Waals surface area contributed by atoms with Gasteiger partial charge in [-0.05, 0) is 19.9 Å².